The van der Waals surface area contributed by atoms with Gasteiger partial charge in [0.15, 0.2) is 11.2 Å². The van der Waals surface area contributed by atoms with E-state index in [0.29, 0.717) is 4.84 Å². The van der Waals surface area contributed by atoms with Crippen molar-refractivity contribution in [2.45, 2.75) is 25.7 Å². The minimum atomic E-state index is -0.839. The zero-order chi connectivity index (χ0) is 19.2. The van der Waals surface area contributed by atoms with Crippen molar-refractivity contribution >= 4 is 29.0 Å². The summed E-state index contributed by atoms with van der Waals surface area (Å²) in [4.78, 5) is 0.385. The van der Waals surface area contributed by atoms with Crippen LogP contribution >= 0.6 is 12.2 Å². The number of fused-ring (bicyclic) bond motifs is 2. The number of hydrogen-bond acceptors (Lipinski definition) is 5. The SMILES string of the molecule is COC(OC)C1(C)C=C(n2c(=S)oc3cccc(C)c32)c2ccccc2O1. The Kier molecular flexibility index (Phi) is 4.42. The molecule has 3 aromatic rings. The van der Waals surface area contributed by atoms with Crippen molar-refractivity contribution in [3.63, 3.8) is 0 Å². The topological polar surface area (TPSA) is 45.8 Å². The Bertz CT molecular complexity index is 1090. The molecule has 1 aromatic heterocycles. The highest BCUT2D eigenvalue weighted by molar-refractivity contribution is 7.71. The summed E-state index contributed by atoms with van der Waals surface area (Å²) >= 11 is 5.57. The Morgan fingerprint density at radius 3 is 2.56 bits per heavy atom. The lowest BCUT2D eigenvalue weighted by atomic mass is 9.96. The fourth-order valence-electron chi connectivity index (χ4n) is 3.70. The summed E-state index contributed by atoms with van der Waals surface area (Å²) in [6, 6.07) is 13.8. The average Bonchev–Trinajstić information content (AvgIpc) is 2.99. The van der Waals surface area contributed by atoms with Crippen LogP contribution < -0.4 is 4.74 Å². The molecule has 0 spiro atoms. The van der Waals surface area contributed by atoms with Gasteiger partial charge < -0.3 is 18.6 Å². The van der Waals surface area contributed by atoms with Gasteiger partial charge in [-0.2, -0.15) is 0 Å². The lowest BCUT2D eigenvalue weighted by Crippen LogP contribution is -2.47. The number of rotatable bonds is 4. The number of para-hydroxylation sites is 2. The van der Waals surface area contributed by atoms with Gasteiger partial charge in [0.05, 0.1) is 11.2 Å². The van der Waals surface area contributed by atoms with Crippen molar-refractivity contribution in [3.8, 4) is 5.75 Å². The Morgan fingerprint density at radius 1 is 1.07 bits per heavy atom. The first kappa shape index (κ1) is 18.0. The third kappa shape index (κ3) is 2.81. The van der Waals surface area contributed by atoms with Crippen LogP contribution in [-0.2, 0) is 9.47 Å². The average molecular weight is 383 g/mol. The maximum absolute atomic E-state index is 6.27. The zero-order valence-corrected chi connectivity index (χ0v) is 16.5. The van der Waals surface area contributed by atoms with Gasteiger partial charge in [-0.1, -0.05) is 24.3 Å². The highest BCUT2D eigenvalue weighted by Crippen LogP contribution is 2.40. The molecule has 0 saturated heterocycles. The molecule has 4 rings (SSSR count). The molecule has 0 radical (unpaired) electrons. The van der Waals surface area contributed by atoms with Gasteiger partial charge in [0.25, 0.3) is 4.84 Å². The number of oxazole rings is 1. The van der Waals surface area contributed by atoms with Gasteiger partial charge in [0.2, 0.25) is 6.29 Å². The lowest BCUT2D eigenvalue weighted by molar-refractivity contribution is -0.180. The predicted molar refractivity (Wildman–Crippen MR) is 106 cm³/mol. The number of ether oxygens (including phenoxy) is 3. The fourth-order valence-corrected chi connectivity index (χ4v) is 3.98. The third-order valence-corrected chi connectivity index (χ3v) is 5.12. The van der Waals surface area contributed by atoms with E-state index in [-0.39, 0.29) is 0 Å². The van der Waals surface area contributed by atoms with Crippen LogP contribution in [-0.4, -0.2) is 30.7 Å². The first-order valence-corrected chi connectivity index (χ1v) is 9.07. The van der Waals surface area contributed by atoms with Crippen LogP contribution in [0.4, 0.5) is 0 Å². The van der Waals surface area contributed by atoms with E-state index in [1.165, 1.54) is 0 Å². The summed E-state index contributed by atoms with van der Waals surface area (Å²) in [5.74, 6) is 0.737. The number of benzene rings is 2. The molecule has 1 unspecified atom stereocenters. The normalized spacial score (nSPS) is 19.1. The number of aryl methyl sites for hydroxylation is 1. The van der Waals surface area contributed by atoms with Crippen molar-refractivity contribution < 1.29 is 18.6 Å². The van der Waals surface area contributed by atoms with Crippen LogP contribution in [0, 0.1) is 11.8 Å². The molecule has 1 aliphatic heterocycles. The molecular weight excluding hydrogens is 362 g/mol. The first-order valence-electron chi connectivity index (χ1n) is 8.67. The molecule has 2 aromatic carbocycles. The number of aromatic nitrogens is 1. The second kappa shape index (κ2) is 6.64. The van der Waals surface area contributed by atoms with Crippen molar-refractivity contribution in [2.75, 3.05) is 14.2 Å². The van der Waals surface area contributed by atoms with E-state index in [2.05, 4.69) is 0 Å². The second-order valence-corrected chi connectivity index (χ2v) is 7.09. The molecule has 1 atom stereocenters. The van der Waals surface area contributed by atoms with E-state index in [0.717, 1.165) is 33.7 Å². The molecule has 140 valence electrons. The summed E-state index contributed by atoms with van der Waals surface area (Å²) in [6.07, 6.45) is 1.40. The number of methoxy groups -OCH3 is 2. The molecule has 1 aliphatic rings. The summed E-state index contributed by atoms with van der Waals surface area (Å²) < 4.78 is 25.1. The molecule has 0 aliphatic carbocycles. The van der Waals surface area contributed by atoms with Crippen LogP contribution in [0.25, 0.3) is 16.8 Å². The van der Waals surface area contributed by atoms with Crippen LogP contribution in [0.1, 0.15) is 18.1 Å². The molecule has 6 heteroatoms. The number of nitrogens with zero attached hydrogens (tertiary/aromatic N) is 1. The summed E-state index contributed by atoms with van der Waals surface area (Å²) in [6.45, 7) is 3.97. The fraction of sp³-hybridized carbons (Fsp3) is 0.286. The van der Waals surface area contributed by atoms with Gasteiger partial charge >= 0.3 is 0 Å². The molecule has 0 bridgehead atoms. The molecule has 0 N–H and O–H groups in total. The summed E-state index contributed by atoms with van der Waals surface area (Å²) in [7, 11) is 3.19. The van der Waals surface area contributed by atoms with E-state index >= 15 is 0 Å². The summed E-state index contributed by atoms with van der Waals surface area (Å²) in [5, 5.41) is 0. The molecule has 5 nitrogen and oxygen atoms in total. The quantitative estimate of drug-likeness (QED) is 0.472. The highest BCUT2D eigenvalue weighted by Gasteiger charge is 2.40. The maximum Gasteiger partial charge on any atom is 0.274 e. The smallest absolute Gasteiger partial charge is 0.274 e. The van der Waals surface area contributed by atoms with Gasteiger partial charge in [-0.25, -0.2) is 0 Å². The zero-order valence-electron chi connectivity index (χ0n) is 15.7. The van der Waals surface area contributed by atoms with E-state index in [1.54, 1.807) is 14.2 Å². The van der Waals surface area contributed by atoms with Crippen molar-refractivity contribution in [1.82, 2.24) is 4.57 Å². The molecule has 0 saturated carbocycles. The van der Waals surface area contributed by atoms with Crippen LogP contribution in [0.5, 0.6) is 5.75 Å². The molecular formula is C21H21NO4S. The monoisotopic (exact) mass is 383 g/mol. The van der Waals surface area contributed by atoms with E-state index in [9.17, 15) is 0 Å². The number of hydrogen-bond donors (Lipinski definition) is 0. The van der Waals surface area contributed by atoms with E-state index < -0.39 is 11.9 Å². The minimum Gasteiger partial charge on any atom is -0.477 e. The lowest BCUT2D eigenvalue weighted by Gasteiger charge is -2.38. The Balaban J connectivity index is 2.04. The molecule has 27 heavy (non-hydrogen) atoms. The third-order valence-electron chi connectivity index (χ3n) is 4.86. The first-order chi connectivity index (χ1) is 13.0. The molecule has 0 fully saturated rings. The predicted octanol–water partition coefficient (Wildman–Crippen LogP) is 4.93. The van der Waals surface area contributed by atoms with Crippen molar-refractivity contribution in [2.24, 2.45) is 0 Å². The van der Waals surface area contributed by atoms with Gasteiger partial charge in [0.1, 0.15) is 5.75 Å². The van der Waals surface area contributed by atoms with Crippen LogP contribution in [0.2, 0.25) is 0 Å². The molecule has 2 heterocycles. The van der Waals surface area contributed by atoms with Crippen LogP contribution in [0.15, 0.2) is 53.0 Å². The Hall–Kier alpha value is -2.41. The van der Waals surface area contributed by atoms with Crippen molar-refractivity contribution in [1.29, 1.82) is 0 Å². The molecule has 0 amide bonds. The van der Waals surface area contributed by atoms with Gasteiger partial charge in [-0.15, -0.1) is 0 Å². The van der Waals surface area contributed by atoms with E-state index in [4.69, 9.17) is 30.8 Å². The highest BCUT2D eigenvalue weighted by atomic mass is 32.1. The van der Waals surface area contributed by atoms with E-state index in [1.807, 2.05) is 67.0 Å². The van der Waals surface area contributed by atoms with Gasteiger partial charge in [-0.05, 0) is 55.9 Å². The van der Waals surface area contributed by atoms with Crippen LogP contribution in [0.3, 0.4) is 0 Å². The Morgan fingerprint density at radius 2 is 1.81 bits per heavy atom. The standard InChI is InChI=1S/C21H21NO4S/c1-13-8-7-11-17-18(13)22(20(27)25-17)15-12-21(2,19(23-3)24-4)26-16-10-6-5-9-14(15)16/h5-12,19H,1-4H3. The van der Waals surface area contributed by atoms with Gasteiger partial charge in [-0.3, -0.25) is 4.57 Å². The minimum absolute atomic E-state index is 0.385. The second-order valence-electron chi connectivity index (χ2n) is 6.74. The maximum atomic E-state index is 6.27. The van der Waals surface area contributed by atoms with Gasteiger partial charge in [0, 0.05) is 19.8 Å². The van der Waals surface area contributed by atoms with Crippen molar-refractivity contribution in [3.05, 3.63) is 64.5 Å². The summed E-state index contributed by atoms with van der Waals surface area (Å²) in [5.41, 5.74) is 3.75. The Labute approximate surface area is 162 Å². The largest absolute Gasteiger partial charge is 0.477 e.